The SMILES string of the molecule is O=C(c1c[nH]c2cc(F)ccc12)[C@@H]1CC(F)(F)CN1C(=O)O. The zero-order chi connectivity index (χ0) is 16.1. The van der Waals surface area contributed by atoms with Crippen molar-refractivity contribution >= 4 is 22.8 Å². The van der Waals surface area contributed by atoms with Crippen LogP contribution in [0.2, 0.25) is 0 Å². The van der Waals surface area contributed by atoms with Crippen LogP contribution in [0.15, 0.2) is 24.4 Å². The number of rotatable bonds is 2. The van der Waals surface area contributed by atoms with Crippen LogP contribution in [0, 0.1) is 5.82 Å². The summed E-state index contributed by atoms with van der Waals surface area (Å²) in [5.74, 6) is -4.47. The molecule has 1 aromatic heterocycles. The summed E-state index contributed by atoms with van der Waals surface area (Å²) in [7, 11) is 0. The molecular weight excluding hydrogens is 301 g/mol. The van der Waals surface area contributed by atoms with E-state index in [4.69, 9.17) is 5.11 Å². The number of likely N-dealkylation sites (tertiary alicyclic amines) is 1. The second kappa shape index (κ2) is 4.75. The molecule has 0 radical (unpaired) electrons. The van der Waals surface area contributed by atoms with Crippen molar-refractivity contribution in [2.45, 2.75) is 18.4 Å². The first-order valence-electron chi connectivity index (χ1n) is 6.47. The molecule has 1 fully saturated rings. The van der Waals surface area contributed by atoms with Gasteiger partial charge in [0.1, 0.15) is 11.9 Å². The molecule has 22 heavy (non-hydrogen) atoms. The Morgan fingerprint density at radius 3 is 2.77 bits per heavy atom. The normalized spacial score (nSPS) is 20.5. The number of alkyl halides is 2. The van der Waals surface area contributed by atoms with Crippen LogP contribution in [-0.2, 0) is 0 Å². The van der Waals surface area contributed by atoms with Crippen molar-refractivity contribution in [2.75, 3.05) is 6.54 Å². The Labute approximate surface area is 122 Å². The van der Waals surface area contributed by atoms with E-state index >= 15 is 0 Å². The number of hydrogen-bond acceptors (Lipinski definition) is 2. The van der Waals surface area contributed by atoms with Gasteiger partial charge in [-0.3, -0.25) is 9.69 Å². The predicted octanol–water partition coefficient (Wildman–Crippen LogP) is 2.88. The summed E-state index contributed by atoms with van der Waals surface area (Å²) in [6.45, 7) is -1.00. The smallest absolute Gasteiger partial charge is 0.408 e. The molecule has 2 N–H and O–H groups in total. The lowest BCUT2D eigenvalue weighted by Gasteiger charge is -2.18. The van der Waals surface area contributed by atoms with E-state index in [0.717, 1.165) is 6.07 Å². The zero-order valence-corrected chi connectivity index (χ0v) is 11.1. The molecule has 0 aliphatic carbocycles. The maximum absolute atomic E-state index is 13.5. The molecule has 8 heteroatoms. The minimum Gasteiger partial charge on any atom is -0.465 e. The van der Waals surface area contributed by atoms with E-state index in [1.165, 1.54) is 18.3 Å². The van der Waals surface area contributed by atoms with E-state index in [-0.39, 0.29) is 5.56 Å². The molecule has 0 bridgehead atoms. The molecule has 2 heterocycles. The maximum atomic E-state index is 13.5. The molecule has 116 valence electrons. The van der Waals surface area contributed by atoms with Crippen LogP contribution in [0.3, 0.4) is 0 Å². The van der Waals surface area contributed by atoms with Crippen molar-refractivity contribution in [3.8, 4) is 0 Å². The Bertz CT molecular complexity index is 772. The summed E-state index contributed by atoms with van der Waals surface area (Å²) in [4.78, 5) is 26.7. The van der Waals surface area contributed by atoms with Gasteiger partial charge >= 0.3 is 6.09 Å². The monoisotopic (exact) mass is 312 g/mol. The van der Waals surface area contributed by atoms with Crippen molar-refractivity contribution in [1.29, 1.82) is 0 Å². The lowest BCUT2D eigenvalue weighted by atomic mass is 10.0. The van der Waals surface area contributed by atoms with Gasteiger partial charge in [-0.05, 0) is 18.2 Å². The van der Waals surface area contributed by atoms with Crippen LogP contribution in [0.25, 0.3) is 10.9 Å². The standard InChI is InChI=1S/C14H11F3N2O3/c15-7-1-2-8-9(5-18-10(8)3-7)12(20)11-4-14(16,17)6-19(11)13(21)22/h1-3,5,11,18H,4,6H2,(H,21,22)/t11-/m0/s1. The highest BCUT2D eigenvalue weighted by Crippen LogP contribution is 2.34. The summed E-state index contributed by atoms with van der Waals surface area (Å²) < 4.78 is 40.0. The minimum atomic E-state index is -3.24. The Morgan fingerprint density at radius 2 is 2.09 bits per heavy atom. The van der Waals surface area contributed by atoms with Gasteiger partial charge in [0.25, 0.3) is 5.92 Å². The van der Waals surface area contributed by atoms with E-state index < -0.39 is 42.6 Å². The summed E-state index contributed by atoms with van der Waals surface area (Å²) in [6.07, 6.45) is -1.14. The summed E-state index contributed by atoms with van der Waals surface area (Å²) >= 11 is 0. The fourth-order valence-electron chi connectivity index (χ4n) is 2.73. The fraction of sp³-hybridized carbons (Fsp3) is 0.286. The van der Waals surface area contributed by atoms with E-state index in [9.17, 15) is 22.8 Å². The van der Waals surface area contributed by atoms with Gasteiger partial charge in [0.05, 0.1) is 6.54 Å². The number of aromatic nitrogens is 1. The van der Waals surface area contributed by atoms with Gasteiger partial charge in [0, 0.05) is 29.1 Å². The number of carbonyl (C=O) groups excluding carboxylic acids is 1. The van der Waals surface area contributed by atoms with Crippen LogP contribution in [0.1, 0.15) is 16.8 Å². The molecule has 1 saturated heterocycles. The highest BCUT2D eigenvalue weighted by atomic mass is 19.3. The van der Waals surface area contributed by atoms with E-state index in [1.807, 2.05) is 0 Å². The zero-order valence-electron chi connectivity index (χ0n) is 11.1. The van der Waals surface area contributed by atoms with E-state index in [0.29, 0.717) is 15.8 Å². The molecule has 1 amide bonds. The van der Waals surface area contributed by atoms with Gasteiger partial charge < -0.3 is 10.1 Å². The highest BCUT2D eigenvalue weighted by molar-refractivity contribution is 6.11. The topological polar surface area (TPSA) is 73.4 Å². The number of amides is 1. The number of fused-ring (bicyclic) bond motifs is 1. The average molecular weight is 312 g/mol. The van der Waals surface area contributed by atoms with Crippen LogP contribution in [-0.4, -0.2) is 45.4 Å². The molecule has 0 saturated carbocycles. The van der Waals surface area contributed by atoms with E-state index in [2.05, 4.69) is 4.98 Å². The second-order valence-corrected chi connectivity index (χ2v) is 5.24. The Balaban J connectivity index is 2.00. The van der Waals surface area contributed by atoms with Crippen LogP contribution < -0.4 is 0 Å². The largest absolute Gasteiger partial charge is 0.465 e. The summed E-state index contributed by atoms with van der Waals surface area (Å²) in [6, 6.07) is 2.22. The number of carbonyl (C=O) groups is 2. The molecule has 1 aliphatic heterocycles. The third-order valence-corrected chi connectivity index (χ3v) is 3.73. The van der Waals surface area contributed by atoms with Crippen molar-refractivity contribution < 1.29 is 27.9 Å². The van der Waals surface area contributed by atoms with Gasteiger partial charge in [-0.15, -0.1) is 0 Å². The number of H-pyrrole nitrogens is 1. The Morgan fingerprint density at radius 1 is 1.36 bits per heavy atom. The van der Waals surface area contributed by atoms with Crippen molar-refractivity contribution in [3.63, 3.8) is 0 Å². The highest BCUT2D eigenvalue weighted by Gasteiger charge is 2.50. The number of aromatic amines is 1. The average Bonchev–Trinajstić information content (AvgIpc) is 2.98. The molecule has 1 atom stereocenters. The Kier molecular flexibility index (Phi) is 3.12. The number of ketones is 1. The number of Topliss-reactive ketones (excluding diaryl/α,β-unsaturated/α-hetero) is 1. The van der Waals surface area contributed by atoms with E-state index in [1.54, 1.807) is 0 Å². The van der Waals surface area contributed by atoms with Gasteiger partial charge in [0.2, 0.25) is 0 Å². The number of carboxylic acid groups (broad SMARTS) is 1. The van der Waals surface area contributed by atoms with Crippen LogP contribution in [0.5, 0.6) is 0 Å². The van der Waals surface area contributed by atoms with Crippen molar-refractivity contribution in [3.05, 3.63) is 35.8 Å². The predicted molar refractivity (Wildman–Crippen MR) is 70.7 cm³/mol. The molecule has 0 spiro atoms. The van der Waals surface area contributed by atoms with Crippen LogP contribution in [0.4, 0.5) is 18.0 Å². The first kappa shape index (κ1) is 14.4. The molecule has 2 aromatic rings. The third kappa shape index (κ3) is 2.30. The van der Waals surface area contributed by atoms with Crippen molar-refractivity contribution in [2.24, 2.45) is 0 Å². The van der Waals surface area contributed by atoms with Gasteiger partial charge in [-0.25, -0.2) is 18.0 Å². The number of hydrogen-bond donors (Lipinski definition) is 2. The number of halogens is 3. The van der Waals surface area contributed by atoms with Crippen LogP contribution >= 0.6 is 0 Å². The fourth-order valence-corrected chi connectivity index (χ4v) is 2.73. The van der Waals surface area contributed by atoms with Gasteiger partial charge in [-0.2, -0.15) is 0 Å². The summed E-state index contributed by atoms with van der Waals surface area (Å²) in [5.41, 5.74) is 0.416. The summed E-state index contributed by atoms with van der Waals surface area (Å²) in [5, 5.41) is 9.36. The first-order valence-corrected chi connectivity index (χ1v) is 6.47. The Hall–Kier alpha value is -2.51. The quantitative estimate of drug-likeness (QED) is 0.837. The second-order valence-electron chi connectivity index (χ2n) is 5.24. The molecular formula is C14H11F3N2O3. The lowest BCUT2D eigenvalue weighted by molar-refractivity contribution is 0.0126. The number of nitrogens with one attached hydrogen (secondary N) is 1. The van der Waals surface area contributed by atoms with Gasteiger partial charge in [-0.1, -0.05) is 0 Å². The minimum absolute atomic E-state index is 0.0731. The lowest BCUT2D eigenvalue weighted by Crippen LogP contribution is -2.39. The molecule has 0 unspecified atom stereocenters. The first-order chi connectivity index (χ1) is 10.3. The molecule has 1 aromatic carbocycles. The number of nitrogens with zero attached hydrogens (tertiary/aromatic N) is 1. The molecule has 5 nitrogen and oxygen atoms in total. The third-order valence-electron chi connectivity index (χ3n) is 3.73. The maximum Gasteiger partial charge on any atom is 0.408 e. The molecule has 3 rings (SSSR count). The van der Waals surface area contributed by atoms with Crippen molar-refractivity contribution in [1.82, 2.24) is 9.88 Å². The number of benzene rings is 1. The molecule has 1 aliphatic rings. The van der Waals surface area contributed by atoms with Gasteiger partial charge in [0.15, 0.2) is 5.78 Å².